The normalized spacial score (nSPS) is 15.9. The highest BCUT2D eigenvalue weighted by Gasteiger charge is 2.30. The molecule has 3 rings (SSSR count). The van der Waals surface area contributed by atoms with Crippen LogP contribution in [0.15, 0.2) is 34.5 Å². The zero-order chi connectivity index (χ0) is 15.0. The van der Waals surface area contributed by atoms with Gasteiger partial charge in [-0.15, -0.1) is 11.3 Å². The van der Waals surface area contributed by atoms with E-state index in [1.54, 1.807) is 6.07 Å². The van der Waals surface area contributed by atoms with Crippen LogP contribution in [0.25, 0.3) is 0 Å². The van der Waals surface area contributed by atoms with Crippen LogP contribution < -0.4 is 5.73 Å². The first-order valence-corrected chi connectivity index (χ1v) is 9.23. The van der Waals surface area contributed by atoms with Crippen molar-refractivity contribution in [3.8, 4) is 0 Å². The minimum absolute atomic E-state index is 0.365. The molecule has 0 aliphatic carbocycles. The molecular formula is C15H18N2O2S2. The Balaban J connectivity index is 1.93. The Morgan fingerprint density at radius 1 is 1.29 bits per heavy atom. The van der Waals surface area contributed by atoms with E-state index in [0.717, 1.165) is 22.4 Å². The Labute approximate surface area is 129 Å². The van der Waals surface area contributed by atoms with Crippen molar-refractivity contribution < 1.29 is 8.42 Å². The molecule has 1 aliphatic rings. The molecule has 0 unspecified atom stereocenters. The molecule has 0 saturated carbocycles. The second-order valence-corrected chi connectivity index (χ2v) is 8.48. The van der Waals surface area contributed by atoms with Crippen molar-refractivity contribution in [3.63, 3.8) is 0 Å². The number of benzene rings is 1. The summed E-state index contributed by atoms with van der Waals surface area (Å²) in [4.78, 5) is 1.09. The van der Waals surface area contributed by atoms with Crippen LogP contribution in [0.5, 0.6) is 0 Å². The van der Waals surface area contributed by atoms with Crippen LogP contribution in [0, 0.1) is 0 Å². The third-order valence-electron chi connectivity index (χ3n) is 3.85. The van der Waals surface area contributed by atoms with Crippen LogP contribution in [0.2, 0.25) is 0 Å². The summed E-state index contributed by atoms with van der Waals surface area (Å²) < 4.78 is 27.4. The lowest BCUT2D eigenvalue weighted by Gasteiger charge is -2.28. The van der Waals surface area contributed by atoms with Gasteiger partial charge in [-0.05, 0) is 42.2 Å². The topological polar surface area (TPSA) is 63.4 Å². The molecule has 0 atom stereocenters. The van der Waals surface area contributed by atoms with Gasteiger partial charge in [0.05, 0.1) is 0 Å². The largest absolute Gasteiger partial charge is 0.398 e. The Hall–Kier alpha value is -1.37. The molecule has 4 nitrogen and oxygen atoms in total. The van der Waals surface area contributed by atoms with Gasteiger partial charge in [-0.1, -0.05) is 19.1 Å². The zero-order valence-electron chi connectivity index (χ0n) is 11.9. The number of aryl methyl sites for hydroxylation is 1. The first kappa shape index (κ1) is 14.6. The van der Waals surface area contributed by atoms with Crippen LogP contribution in [0.3, 0.4) is 0 Å². The minimum Gasteiger partial charge on any atom is -0.398 e. The lowest BCUT2D eigenvalue weighted by molar-refractivity contribution is 0.393. The fourth-order valence-electron chi connectivity index (χ4n) is 2.60. The van der Waals surface area contributed by atoms with Gasteiger partial charge < -0.3 is 5.73 Å². The van der Waals surface area contributed by atoms with E-state index in [-0.39, 0.29) is 0 Å². The predicted molar refractivity (Wildman–Crippen MR) is 85.9 cm³/mol. The van der Waals surface area contributed by atoms with E-state index in [0.29, 0.717) is 29.4 Å². The Bertz CT molecular complexity index is 766. The van der Waals surface area contributed by atoms with Crippen molar-refractivity contribution >= 4 is 27.0 Å². The highest BCUT2D eigenvalue weighted by molar-refractivity contribution is 7.91. The molecule has 0 spiro atoms. The van der Waals surface area contributed by atoms with E-state index in [9.17, 15) is 8.42 Å². The van der Waals surface area contributed by atoms with Gasteiger partial charge in [-0.2, -0.15) is 4.31 Å². The number of nitrogens with two attached hydrogens (primary N) is 1. The molecule has 2 heterocycles. The standard InChI is InChI=1S/C15H18N2O2S2/c1-2-12-6-7-15(20-12)21(18,19)17-9-8-11-4-3-5-14(16)13(11)10-17/h3-7H,2,8-10,16H2,1H3. The van der Waals surface area contributed by atoms with Gasteiger partial charge in [0.2, 0.25) is 0 Å². The molecule has 2 N–H and O–H groups in total. The van der Waals surface area contributed by atoms with Crippen molar-refractivity contribution in [3.05, 3.63) is 46.3 Å². The third-order valence-corrected chi connectivity index (χ3v) is 7.40. The molecule has 0 saturated heterocycles. The van der Waals surface area contributed by atoms with Gasteiger partial charge in [0.25, 0.3) is 10.0 Å². The molecule has 2 aromatic rings. The number of nitrogens with zero attached hydrogens (tertiary/aromatic N) is 1. The van der Waals surface area contributed by atoms with E-state index in [1.165, 1.54) is 15.6 Å². The van der Waals surface area contributed by atoms with Crippen LogP contribution in [0.1, 0.15) is 22.9 Å². The maximum absolute atomic E-state index is 12.7. The number of hydrogen-bond acceptors (Lipinski definition) is 4. The summed E-state index contributed by atoms with van der Waals surface area (Å²) in [6, 6.07) is 9.38. The second-order valence-electron chi connectivity index (χ2n) is 5.15. The fourth-order valence-corrected chi connectivity index (χ4v) is 5.46. The van der Waals surface area contributed by atoms with Crippen LogP contribution >= 0.6 is 11.3 Å². The lowest BCUT2D eigenvalue weighted by Crippen LogP contribution is -2.36. The maximum Gasteiger partial charge on any atom is 0.252 e. The second kappa shape index (κ2) is 5.44. The number of sulfonamides is 1. The van der Waals surface area contributed by atoms with Crippen molar-refractivity contribution in [2.45, 2.75) is 30.5 Å². The third kappa shape index (κ3) is 2.59. The summed E-state index contributed by atoms with van der Waals surface area (Å²) in [6.07, 6.45) is 1.57. The monoisotopic (exact) mass is 322 g/mol. The van der Waals surface area contributed by atoms with E-state index in [1.807, 2.05) is 31.2 Å². The number of rotatable bonds is 3. The minimum atomic E-state index is -3.41. The number of hydrogen-bond donors (Lipinski definition) is 1. The molecule has 6 heteroatoms. The Kier molecular flexibility index (Phi) is 3.77. The molecule has 112 valence electrons. The van der Waals surface area contributed by atoms with Gasteiger partial charge in [-0.3, -0.25) is 0 Å². The Morgan fingerprint density at radius 3 is 2.81 bits per heavy atom. The number of nitrogen functional groups attached to an aromatic ring is 1. The van der Waals surface area contributed by atoms with E-state index in [4.69, 9.17) is 5.73 Å². The quantitative estimate of drug-likeness (QED) is 0.884. The summed E-state index contributed by atoms with van der Waals surface area (Å²) in [6.45, 7) is 2.90. The van der Waals surface area contributed by atoms with Crippen LogP contribution in [0.4, 0.5) is 5.69 Å². The van der Waals surface area contributed by atoms with Gasteiger partial charge in [0.1, 0.15) is 4.21 Å². The molecule has 0 bridgehead atoms. The van der Waals surface area contributed by atoms with Crippen molar-refractivity contribution in [1.82, 2.24) is 4.31 Å². The molecule has 21 heavy (non-hydrogen) atoms. The summed E-state index contributed by atoms with van der Waals surface area (Å²) in [5.41, 5.74) is 8.76. The molecule has 1 aromatic carbocycles. The summed E-state index contributed by atoms with van der Waals surface area (Å²) in [5.74, 6) is 0. The SMILES string of the molecule is CCc1ccc(S(=O)(=O)N2CCc3cccc(N)c3C2)s1. The van der Waals surface area contributed by atoms with Gasteiger partial charge in [0.15, 0.2) is 0 Å². The molecule has 1 aromatic heterocycles. The van der Waals surface area contributed by atoms with Crippen molar-refractivity contribution in [2.24, 2.45) is 0 Å². The Morgan fingerprint density at radius 2 is 2.10 bits per heavy atom. The number of fused-ring (bicyclic) bond motifs is 1. The van der Waals surface area contributed by atoms with Gasteiger partial charge in [0, 0.05) is 23.7 Å². The van der Waals surface area contributed by atoms with Gasteiger partial charge >= 0.3 is 0 Å². The fraction of sp³-hybridized carbons (Fsp3) is 0.333. The smallest absolute Gasteiger partial charge is 0.252 e. The van der Waals surface area contributed by atoms with Crippen molar-refractivity contribution in [2.75, 3.05) is 12.3 Å². The summed E-state index contributed by atoms with van der Waals surface area (Å²) >= 11 is 1.36. The maximum atomic E-state index is 12.7. The van der Waals surface area contributed by atoms with E-state index in [2.05, 4.69) is 0 Å². The number of anilines is 1. The first-order valence-electron chi connectivity index (χ1n) is 6.97. The summed E-state index contributed by atoms with van der Waals surface area (Å²) in [7, 11) is -3.41. The molecular weight excluding hydrogens is 304 g/mol. The van der Waals surface area contributed by atoms with Crippen LogP contribution in [-0.4, -0.2) is 19.3 Å². The average molecular weight is 322 g/mol. The predicted octanol–water partition coefficient (Wildman–Crippen LogP) is 2.64. The van der Waals surface area contributed by atoms with E-state index < -0.39 is 10.0 Å². The molecule has 1 aliphatic heterocycles. The van der Waals surface area contributed by atoms with Gasteiger partial charge in [-0.25, -0.2) is 8.42 Å². The van der Waals surface area contributed by atoms with E-state index >= 15 is 0 Å². The van der Waals surface area contributed by atoms with Crippen LogP contribution in [-0.2, 0) is 29.4 Å². The highest BCUT2D eigenvalue weighted by Crippen LogP contribution is 2.31. The molecule has 0 amide bonds. The van der Waals surface area contributed by atoms with Crippen molar-refractivity contribution in [1.29, 1.82) is 0 Å². The number of thiophene rings is 1. The molecule has 0 fully saturated rings. The first-order chi connectivity index (χ1) is 10.0. The lowest BCUT2D eigenvalue weighted by atomic mass is 10.00. The highest BCUT2D eigenvalue weighted by atomic mass is 32.2. The zero-order valence-corrected chi connectivity index (χ0v) is 13.5. The molecule has 0 radical (unpaired) electrons. The average Bonchev–Trinajstić information content (AvgIpc) is 2.97. The summed E-state index contributed by atoms with van der Waals surface area (Å²) in [5, 5.41) is 0.